The Morgan fingerprint density at radius 2 is 1.91 bits per heavy atom. The van der Waals surface area contributed by atoms with Crippen LogP contribution in [0.2, 0.25) is 0 Å². The lowest BCUT2D eigenvalue weighted by Gasteiger charge is -2.17. The van der Waals surface area contributed by atoms with Gasteiger partial charge in [-0.2, -0.15) is 0 Å². The average molecular weight is 476 g/mol. The molecule has 2 N–H and O–H groups in total. The van der Waals surface area contributed by atoms with Crippen LogP contribution in [0.15, 0.2) is 47.4 Å². The van der Waals surface area contributed by atoms with Gasteiger partial charge in [0.15, 0.2) is 11.5 Å². The molecule has 11 heteroatoms. The van der Waals surface area contributed by atoms with Crippen LogP contribution in [-0.2, 0) is 24.3 Å². The number of benzene rings is 2. The molecule has 2 amide bonds. The molecule has 2 aromatic carbocycles. The third kappa shape index (κ3) is 5.10. The van der Waals surface area contributed by atoms with Gasteiger partial charge in [-0.05, 0) is 43.3 Å². The molecule has 4 rings (SSSR count). The van der Waals surface area contributed by atoms with E-state index in [1.807, 2.05) is 0 Å². The van der Waals surface area contributed by atoms with Crippen LogP contribution >= 0.6 is 0 Å². The molecule has 2 aliphatic heterocycles. The van der Waals surface area contributed by atoms with Gasteiger partial charge in [-0.3, -0.25) is 9.59 Å². The van der Waals surface area contributed by atoms with Crippen LogP contribution < -0.4 is 24.4 Å². The van der Waals surface area contributed by atoms with E-state index in [0.29, 0.717) is 22.9 Å². The van der Waals surface area contributed by atoms with E-state index >= 15 is 0 Å². The molecule has 1 saturated heterocycles. The molecule has 0 aliphatic carbocycles. The molecule has 2 unspecified atom stereocenters. The Morgan fingerprint density at radius 1 is 1.18 bits per heavy atom. The highest BCUT2D eigenvalue weighted by Crippen LogP contribution is 2.37. The number of carbonyl (C=O) groups excluding carboxylic acids is 2. The number of sulfonamides is 1. The SMILES string of the molecule is COCC(C)NS(=O)(=O)c1ccc(NC(=O)C2CC(=O)N(c3ccc4c(c3)OCO4)C2)cc1. The third-order valence-electron chi connectivity index (χ3n) is 5.37. The van der Waals surface area contributed by atoms with Crippen molar-refractivity contribution in [3.8, 4) is 11.5 Å². The Bertz CT molecular complexity index is 1150. The van der Waals surface area contributed by atoms with Crippen LogP contribution in [0.25, 0.3) is 0 Å². The number of amides is 2. The van der Waals surface area contributed by atoms with E-state index in [1.54, 1.807) is 30.0 Å². The van der Waals surface area contributed by atoms with E-state index in [-0.39, 0.29) is 49.1 Å². The van der Waals surface area contributed by atoms with Crippen LogP contribution in [0.3, 0.4) is 0 Å². The minimum Gasteiger partial charge on any atom is -0.454 e. The van der Waals surface area contributed by atoms with Gasteiger partial charge in [0.1, 0.15) is 0 Å². The molecule has 2 aromatic rings. The van der Waals surface area contributed by atoms with Crippen molar-refractivity contribution in [2.24, 2.45) is 5.92 Å². The van der Waals surface area contributed by atoms with E-state index in [2.05, 4.69) is 10.0 Å². The number of nitrogens with one attached hydrogen (secondary N) is 2. The summed E-state index contributed by atoms with van der Waals surface area (Å²) in [4.78, 5) is 26.9. The molecule has 0 radical (unpaired) electrons. The lowest BCUT2D eigenvalue weighted by molar-refractivity contribution is -0.122. The second-order valence-electron chi connectivity index (χ2n) is 7.93. The average Bonchev–Trinajstić information content (AvgIpc) is 3.39. The molecule has 10 nitrogen and oxygen atoms in total. The van der Waals surface area contributed by atoms with Crippen molar-refractivity contribution in [2.75, 3.05) is 37.3 Å². The van der Waals surface area contributed by atoms with Gasteiger partial charge in [0.05, 0.1) is 17.4 Å². The quantitative estimate of drug-likeness (QED) is 0.596. The predicted octanol–water partition coefficient (Wildman–Crippen LogP) is 1.72. The van der Waals surface area contributed by atoms with Crippen molar-refractivity contribution in [3.63, 3.8) is 0 Å². The smallest absolute Gasteiger partial charge is 0.240 e. The van der Waals surface area contributed by atoms with E-state index in [1.165, 1.54) is 31.4 Å². The van der Waals surface area contributed by atoms with Gasteiger partial charge in [-0.25, -0.2) is 13.1 Å². The summed E-state index contributed by atoms with van der Waals surface area (Å²) in [5.41, 5.74) is 1.09. The first kappa shape index (κ1) is 23.0. The van der Waals surface area contributed by atoms with Gasteiger partial charge in [-0.1, -0.05) is 0 Å². The van der Waals surface area contributed by atoms with Crippen LogP contribution in [-0.4, -0.2) is 53.3 Å². The van der Waals surface area contributed by atoms with Crippen molar-refractivity contribution in [1.82, 2.24) is 4.72 Å². The molecular weight excluding hydrogens is 450 g/mol. The molecule has 0 saturated carbocycles. The molecule has 0 aromatic heterocycles. The van der Waals surface area contributed by atoms with Crippen molar-refractivity contribution < 1.29 is 32.2 Å². The summed E-state index contributed by atoms with van der Waals surface area (Å²) in [6, 6.07) is 10.7. The molecule has 1 fully saturated rings. The molecule has 2 heterocycles. The molecule has 33 heavy (non-hydrogen) atoms. The lowest BCUT2D eigenvalue weighted by Crippen LogP contribution is -2.35. The van der Waals surface area contributed by atoms with E-state index in [4.69, 9.17) is 14.2 Å². The largest absolute Gasteiger partial charge is 0.454 e. The van der Waals surface area contributed by atoms with Crippen LogP contribution in [0.5, 0.6) is 11.5 Å². The van der Waals surface area contributed by atoms with Crippen molar-refractivity contribution >= 4 is 33.2 Å². The second-order valence-corrected chi connectivity index (χ2v) is 9.65. The van der Waals surface area contributed by atoms with Crippen molar-refractivity contribution in [1.29, 1.82) is 0 Å². The first-order valence-corrected chi connectivity index (χ1v) is 11.9. The zero-order valence-electron chi connectivity index (χ0n) is 18.2. The molecule has 2 atom stereocenters. The number of hydrogen-bond acceptors (Lipinski definition) is 7. The van der Waals surface area contributed by atoms with Crippen LogP contribution in [0, 0.1) is 5.92 Å². The second kappa shape index (κ2) is 9.38. The number of hydrogen-bond donors (Lipinski definition) is 2. The van der Waals surface area contributed by atoms with E-state index in [0.717, 1.165) is 0 Å². The van der Waals surface area contributed by atoms with Gasteiger partial charge in [0.25, 0.3) is 0 Å². The number of methoxy groups -OCH3 is 1. The molecule has 176 valence electrons. The minimum atomic E-state index is -3.71. The molecule has 2 aliphatic rings. The van der Waals surface area contributed by atoms with Gasteiger partial charge < -0.3 is 24.4 Å². The summed E-state index contributed by atoms with van der Waals surface area (Å²) in [7, 11) is -2.21. The molecule has 0 bridgehead atoms. The predicted molar refractivity (Wildman–Crippen MR) is 120 cm³/mol. The first-order chi connectivity index (χ1) is 15.8. The maximum absolute atomic E-state index is 12.7. The van der Waals surface area contributed by atoms with Crippen LogP contribution in [0.1, 0.15) is 13.3 Å². The Labute approximate surface area is 191 Å². The zero-order valence-corrected chi connectivity index (χ0v) is 19.1. The summed E-state index contributed by atoms with van der Waals surface area (Å²) < 4.78 is 43.0. The Balaban J connectivity index is 1.38. The third-order valence-corrected chi connectivity index (χ3v) is 6.97. The Kier molecular flexibility index (Phi) is 6.54. The Morgan fingerprint density at radius 3 is 2.64 bits per heavy atom. The van der Waals surface area contributed by atoms with Crippen LogP contribution in [0.4, 0.5) is 11.4 Å². The van der Waals surface area contributed by atoms with Gasteiger partial charge in [0, 0.05) is 43.6 Å². The van der Waals surface area contributed by atoms with Gasteiger partial charge in [0.2, 0.25) is 28.6 Å². The monoisotopic (exact) mass is 475 g/mol. The van der Waals surface area contributed by atoms with Crippen molar-refractivity contribution in [3.05, 3.63) is 42.5 Å². The number of nitrogens with zero attached hydrogens (tertiary/aromatic N) is 1. The maximum Gasteiger partial charge on any atom is 0.240 e. The topological polar surface area (TPSA) is 123 Å². The van der Waals surface area contributed by atoms with Gasteiger partial charge >= 0.3 is 0 Å². The maximum atomic E-state index is 12.7. The molecule has 0 spiro atoms. The summed E-state index contributed by atoms with van der Waals surface area (Å²) in [6.45, 7) is 2.32. The highest BCUT2D eigenvalue weighted by molar-refractivity contribution is 7.89. The highest BCUT2D eigenvalue weighted by atomic mass is 32.2. The fourth-order valence-corrected chi connectivity index (χ4v) is 4.99. The van der Waals surface area contributed by atoms with Crippen molar-refractivity contribution in [2.45, 2.75) is 24.3 Å². The number of rotatable bonds is 8. The highest BCUT2D eigenvalue weighted by Gasteiger charge is 2.35. The Hall–Kier alpha value is -3.15. The summed E-state index contributed by atoms with van der Waals surface area (Å²) in [5, 5.41) is 2.76. The fourth-order valence-electron chi connectivity index (χ4n) is 3.76. The summed E-state index contributed by atoms with van der Waals surface area (Å²) in [5.74, 6) is 0.173. The normalized spacial score (nSPS) is 18.4. The lowest BCUT2D eigenvalue weighted by atomic mass is 10.1. The first-order valence-electron chi connectivity index (χ1n) is 10.4. The van der Waals surface area contributed by atoms with E-state index < -0.39 is 15.9 Å². The number of ether oxygens (including phenoxy) is 3. The number of carbonyl (C=O) groups is 2. The summed E-state index contributed by atoms with van der Waals surface area (Å²) >= 11 is 0. The minimum absolute atomic E-state index is 0.0773. The van der Waals surface area contributed by atoms with Gasteiger partial charge in [-0.15, -0.1) is 0 Å². The number of fused-ring (bicyclic) bond motifs is 1. The molecular formula is C22H25N3O7S. The number of anilines is 2. The summed E-state index contributed by atoms with van der Waals surface area (Å²) in [6.07, 6.45) is 0.0774. The fraction of sp³-hybridized carbons (Fsp3) is 0.364. The van der Waals surface area contributed by atoms with E-state index in [9.17, 15) is 18.0 Å². The standard InChI is InChI=1S/C22H25N3O7S/c1-14(12-30-2)24-33(28,29)18-6-3-16(4-7-18)23-22(27)15-9-21(26)25(11-15)17-5-8-19-20(10-17)32-13-31-19/h3-8,10,14-15,24H,9,11-13H2,1-2H3,(H,23,27). The zero-order chi connectivity index (χ0) is 23.6.